The SMILES string of the molecule is CCC1(c2ccc(OC)cc2)N=C(c2ccc(OC)cc2)C(C)S1. The normalized spacial score (nSPS) is 23.0. The molecular weight excluding hydrogens is 318 g/mol. The maximum Gasteiger partial charge on any atom is 0.132 e. The standard InChI is InChI=1S/C20H23NO2S/c1-5-20(16-8-12-18(23-4)13-9-16)21-19(14(2)24-20)15-6-10-17(22-3)11-7-15/h6-14H,5H2,1-4H3. The zero-order valence-electron chi connectivity index (χ0n) is 14.6. The van der Waals surface area contributed by atoms with E-state index < -0.39 is 0 Å². The van der Waals surface area contributed by atoms with E-state index in [-0.39, 0.29) is 4.87 Å². The molecule has 3 nitrogen and oxygen atoms in total. The lowest BCUT2D eigenvalue weighted by molar-refractivity contribution is 0.414. The Hall–Kier alpha value is -1.94. The average molecular weight is 341 g/mol. The predicted octanol–water partition coefficient (Wildman–Crippen LogP) is 4.89. The third kappa shape index (κ3) is 3.03. The van der Waals surface area contributed by atoms with E-state index in [2.05, 4.69) is 38.1 Å². The van der Waals surface area contributed by atoms with Gasteiger partial charge in [0, 0.05) is 5.25 Å². The highest BCUT2D eigenvalue weighted by atomic mass is 32.2. The van der Waals surface area contributed by atoms with Crippen LogP contribution in [-0.4, -0.2) is 25.2 Å². The van der Waals surface area contributed by atoms with E-state index in [9.17, 15) is 0 Å². The lowest BCUT2D eigenvalue weighted by atomic mass is 10.0. The van der Waals surface area contributed by atoms with Crippen LogP contribution in [0.25, 0.3) is 0 Å². The second-order valence-corrected chi connectivity index (χ2v) is 7.47. The van der Waals surface area contributed by atoms with Crippen molar-refractivity contribution in [3.8, 4) is 11.5 Å². The summed E-state index contributed by atoms with van der Waals surface area (Å²) >= 11 is 1.92. The van der Waals surface area contributed by atoms with Crippen LogP contribution in [0.4, 0.5) is 0 Å². The van der Waals surface area contributed by atoms with E-state index >= 15 is 0 Å². The second-order valence-electron chi connectivity index (χ2n) is 5.85. The molecule has 3 rings (SSSR count). The topological polar surface area (TPSA) is 30.8 Å². The molecule has 0 amide bonds. The van der Waals surface area contributed by atoms with Crippen molar-refractivity contribution in [1.82, 2.24) is 0 Å². The van der Waals surface area contributed by atoms with Crippen molar-refractivity contribution in [3.05, 3.63) is 59.7 Å². The van der Waals surface area contributed by atoms with Crippen molar-refractivity contribution in [1.29, 1.82) is 0 Å². The molecule has 0 spiro atoms. The monoisotopic (exact) mass is 341 g/mol. The number of rotatable bonds is 5. The lowest BCUT2D eigenvalue weighted by Crippen LogP contribution is -2.15. The van der Waals surface area contributed by atoms with E-state index in [4.69, 9.17) is 14.5 Å². The van der Waals surface area contributed by atoms with E-state index in [1.54, 1.807) is 14.2 Å². The molecule has 2 aromatic rings. The highest BCUT2D eigenvalue weighted by Crippen LogP contribution is 2.49. The van der Waals surface area contributed by atoms with Crippen LogP contribution in [0.5, 0.6) is 11.5 Å². The van der Waals surface area contributed by atoms with Gasteiger partial charge in [-0.25, -0.2) is 0 Å². The van der Waals surface area contributed by atoms with Gasteiger partial charge in [0.1, 0.15) is 16.4 Å². The summed E-state index contributed by atoms with van der Waals surface area (Å²) in [6, 6.07) is 16.5. The van der Waals surface area contributed by atoms with Gasteiger partial charge in [0.2, 0.25) is 0 Å². The molecular formula is C20H23NO2S. The first kappa shape index (κ1) is 16.9. The van der Waals surface area contributed by atoms with E-state index in [0.717, 1.165) is 23.6 Å². The Labute approximate surface area is 148 Å². The fourth-order valence-corrected chi connectivity index (χ4v) is 4.55. The van der Waals surface area contributed by atoms with E-state index in [0.29, 0.717) is 5.25 Å². The van der Waals surface area contributed by atoms with Gasteiger partial charge in [-0.3, -0.25) is 4.99 Å². The molecule has 0 radical (unpaired) electrons. The summed E-state index contributed by atoms with van der Waals surface area (Å²) in [6.07, 6.45) is 0.952. The van der Waals surface area contributed by atoms with Crippen LogP contribution in [0, 0.1) is 0 Å². The first-order valence-electron chi connectivity index (χ1n) is 8.18. The third-order valence-electron chi connectivity index (χ3n) is 4.46. The molecule has 0 aromatic heterocycles. The van der Waals surface area contributed by atoms with Crippen LogP contribution in [0.2, 0.25) is 0 Å². The summed E-state index contributed by atoms with van der Waals surface area (Å²) in [4.78, 5) is 4.95. The minimum Gasteiger partial charge on any atom is -0.497 e. The summed E-state index contributed by atoms with van der Waals surface area (Å²) in [5.41, 5.74) is 3.55. The zero-order valence-corrected chi connectivity index (χ0v) is 15.4. The fourth-order valence-electron chi connectivity index (χ4n) is 3.07. The molecule has 0 fully saturated rings. The Morgan fingerprint density at radius 3 is 2.00 bits per heavy atom. The summed E-state index contributed by atoms with van der Waals surface area (Å²) in [6.45, 7) is 4.43. The number of benzene rings is 2. The molecule has 0 N–H and O–H groups in total. The molecule has 0 saturated heterocycles. The quantitative estimate of drug-likeness (QED) is 0.776. The molecule has 0 bridgehead atoms. The largest absolute Gasteiger partial charge is 0.497 e. The van der Waals surface area contributed by atoms with Gasteiger partial charge < -0.3 is 9.47 Å². The summed E-state index contributed by atoms with van der Waals surface area (Å²) in [5.74, 6) is 1.75. The van der Waals surface area contributed by atoms with Crippen LogP contribution < -0.4 is 9.47 Å². The van der Waals surface area contributed by atoms with Gasteiger partial charge in [0.15, 0.2) is 0 Å². The minimum atomic E-state index is -0.221. The predicted molar refractivity (Wildman–Crippen MR) is 102 cm³/mol. The van der Waals surface area contributed by atoms with Crippen molar-refractivity contribution in [2.75, 3.05) is 14.2 Å². The Morgan fingerprint density at radius 2 is 1.50 bits per heavy atom. The smallest absolute Gasteiger partial charge is 0.132 e. The van der Waals surface area contributed by atoms with Gasteiger partial charge >= 0.3 is 0 Å². The lowest BCUT2D eigenvalue weighted by Gasteiger charge is -2.25. The second kappa shape index (κ2) is 6.89. The molecule has 4 heteroatoms. The number of thioether (sulfide) groups is 1. The Kier molecular flexibility index (Phi) is 4.86. The van der Waals surface area contributed by atoms with Gasteiger partial charge in [-0.2, -0.15) is 0 Å². The van der Waals surface area contributed by atoms with Gasteiger partial charge in [-0.05, 0) is 60.9 Å². The van der Waals surface area contributed by atoms with E-state index in [1.807, 2.05) is 36.0 Å². The van der Waals surface area contributed by atoms with Gasteiger partial charge in [0.25, 0.3) is 0 Å². The van der Waals surface area contributed by atoms with Crippen LogP contribution in [0.1, 0.15) is 31.4 Å². The number of hydrogen-bond donors (Lipinski definition) is 0. The highest BCUT2D eigenvalue weighted by molar-refractivity contribution is 8.01. The molecule has 2 aromatic carbocycles. The number of methoxy groups -OCH3 is 2. The summed E-state index contributed by atoms with van der Waals surface area (Å²) < 4.78 is 10.5. The van der Waals surface area contributed by atoms with Crippen LogP contribution >= 0.6 is 11.8 Å². The molecule has 0 aliphatic carbocycles. The van der Waals surface area contributed by atoms with Gasteiger partial charge in [-0.1, -0.05) is 19.1 Å². The molecule has 24 heavy (non-hydrogen) atoms. The number of aliphatic imine (C=N–C) groups is 1. The van der Waals surface area contributed by atoms with E-state index in [1.165, 1.54) is 11.1 Å². The van der Waals surface area contributed by atoms with Gasteiger partial charge in [-0.15, -0.1) is 11.8 Å². The van der Waals surface area contributed by atoms with Crippen molar-refractivity contribution < 1.29 is 9.47 Å². The van der Waals surface area contributed by atoms with Gasteiger partial charge in [0.05, 0.1) is 19.9 Å². The maximum absolute atomic E-state index is 5.28. The van der Waals surface area contributed by atoms with Crippen LogP contribution in [-0.2, 0) is 4.87 Å². The Bertz CT molecular complexity index is 724. The zero-order chi connectivity index (χ0) is 17.2. The van der Waals surface area contributed by atoms with Crippen molar-refractivity contribution >= 4 is 17.5 Å². The molecule has 0 saturated carbocycles. The molecule has 1 aliphatic heterocycles. The maximum atomic E-state index is 5.28. The summed E-state index contributed by atoms with van der Waals surface area (Å²) in [5, 5.41) is 0.348. The number of hydrogen-bond acceptors (Lipinski definition) is 4. The van der Waals surface area contributed by atoms with Crippen molar-refractivity contribution in [2.45, 2.75) is 30.4 Å². The van der Waals surface area contributed by atoms with Crippen LogP contribution in [0.15, 0.2) is 53.5 Å². The highest BCUT2D eigenvalue weighted by Gasteiger charge is 2.40. The first-order chi connectivity index (χ1) is 11.6. The Morgan fingerprint density at radius 1 is 0.958 bits per heavy atom. The fraction of sp³-hybridized carbons (Fsp3) is 0.350. The Balaban J connectivity index is 1.98. The summed E-state index contributed by atoms with van der Waals surface area (Å²) in [7, 11) is 3.38. The average Bonchev–Trinajstić information content (AvgIpc) is 3.00. The molecule has 1 aliphatic rings. The number of ether oxygens (including phenoxy) is 2. The van der Waals surface area contributed by atoms with Crippen molar-refractivity contribution in [2.24, 2.45) is 4.99 Å². The first-order valence-corrected chi connectivity index (χ1v) is 9.06. The minimum absolute atomic E-state index is 0.221. The number of nitrogens with zero attached hydrogens (tertiary/aromatic N) is 1. The van der Waals surface area contributed by atoms with Crippen LogP contribution in [0.3, 0.4) is 0 Å². The molecule has 1 heterocycles. The molecule has 2 unspecified atom stereocenters. The molecule has 2 atom stereocenters. The molecule has 126 valence electrons. The van der Waals surface area contributed by atoms with Crippen molar-refractivity contribution in [3.63, 3.8) is 0 Å². The third-order valence-corrected chi connectivity index (χ3v) is 6.05.